The van der Waals surface area contributed by atoms with E-state index >= 15 is 0 Å². The zero-order valence-electron chi connectivity index (χ0n) is 8.07. The first-order valence-corrected chi connectivity index (χ1v) is 5.79. The van der Waals surface area contributed by atoms with Gasteiger partial charge in [0.1, 0.15) is 0 Å². The Bertz CT molecular complexity index is 118. The third kappa shape index (κ3) is 5.80. The van der Waals surface area contributed by atoms with E-state index in [9.17, 15) is 0 Å². The molecular formula is C9H19IN2. The Morgan fingerprint density at radius 3 is 1.83 bits per heavy atom. The molecule has 0 amide bonds. The van der Waals surface area contributed by atoms with Crippen LogP contribution in [0.1, 0.15) is 39.5 Å². The van der Waals surface area contributed by atoms with Gasteiger partial charge >= 0.3 is 0 Å². The quantitative estimate of drug-likeness (QED) is 0.344. The van der Waals surface area contributed by atoms with Gasteiger partial charge in [-0.25, -0.2) is 0 Å². The van der Waals surface area contributed by atoms with Gasteiger partial charge in [0.2, 0.25) is 0 Å². The second kappa shape index (κ2) is 7.83. The number of hydrogen-bond donors (Lipinski definition) is 1. The molecule has 1 N–H and O–H groups in total. The summed E-state index contributed by atoms with van der Waals surface area (Å²) in [5.74, 6) is 0. The number of nitrogens with zero attached hydrogens (tertiary/aromatic N) is 1. The summed E-state index contributed by atoms with van der Waals surface area (Å²) < 4.78 is 0.689. The maximum Gasteiger partial charge on any atom is 0.159 e. The Morgan fingerprint density at radius 1 is 1.17 bits per heavy atom. The molecular weight excluding hydrogens is 263 g/mol. The molecule has 0 rings (SSSR count). The summed E-state index contributed by atoms with van der Waals surface area (Å²) in [6.07, 6.45) is 4.84. The van der Waals surface area contributed by atoms with Crippen molar-refractivity contribution in [3.63, 3.8) is 0 Å². The Hall–Kier alpha value is 0.200. The third-order valence-corrected chi connectivity index (χ3v) is 2.52. The predicted octanol–water partition coefficient (Wildman–Crippen LogP) is 3.26. The Morgan fingerprint density at radius 2 is 1.58 bits per heavy atom. The van der Waals surface area contributed by atoms with Crippen LogP contribution in [0, 0.1) is 5.41 Å². The molecule has 0 aromatic heterocycles. The van der Waals surface area contributed by atoms with Gasteiger partial charge in [-0.3, -0.25) is 5.41 Å². The molecule has 2 nitrogen and oxygen atoms in total. The van der Waals surface area contributed by atoms with Crippen LogP contribution in [0.2, 0.25) is 0 Å². The molecule has 3 heteroatoms. The highest BCUT2D eigenvalue weighted by Crippen LogP contribution is 2.03. The van der Waals surface area contributed by atoms with Crippen LogP contribution in [0.4, 0.5) is 0 Å². The van der Waals surface area contributed by atoms with E-state index in [0.717, 1.165) is 13.1 Å². The van der Waals surface area contributed by atoms with Crippen molar-refractivity contribution in [2.24, 2.45) is 0 Å². The number of rotatable bonds is 6. The number of unbranched alkanes of at least 4 members (excludes halogenated alkanes) is 2. The Labute approximate surface area is 89.4 Å². The van der Waals surface area contributed by atoms with Gasteiger partial charge in [-0.15, -0.1) is 0 Å². The van der Waals surface area contributed by atoms with E-state index < -0.39 is 0 Å². The molecule has 0 saturated heterocycles. The van der Waals surface area contributed by atoms with Crippen LogP contribution in [0.15, 0.2) is 0 Å². The van der Waals surface area contributed by atoms with Crippen LogP contribution >= 0.6 is 22.6 Å². The van der Waals surface area contributed by atoms with E-state index in [0.29, 0.717) is 3.84 Å². The SMILES string of the molecule is CCCCN(CCCC)C(=N)I. The van der Waals surface area contributed by atoms with Crippen molar-refractivity contribution < 1.29 is 0 Å². The normalized spacial score (nSPS) is 9.92. The van der Waals surface area contributed by atoms with Crippen molar-refractivity contribution in [3.8, 4) is 0 Å². The molecule has 0 heterocycles. The Balaban J connectivity index is 3.62. The first-order valence-electron chi connectivity index (χ1n) is 4.71. The second-order valence-corrected chi connectivity index (χ2v) is 4.01. The highest BCUT2D eigenvalue weighted by molar-refractivity contribution is 14.1. The number of nitrogens with one attached hydrogen (secondary N) is 1. The minimum absolute atomic E-state index is 0.689. The van der Waals surface area contributed by atoms with E-state index in [1.807, 2.05) is 0 Å². The fourth-order valence-corrected chi connectivity index (χ4v) is 1.49. The second-order valence-electron chi connectivity index (χ2n) is 2.98. The van der Waals surface area contributed by atoms with Gasteiger partial charge in [0, 0.05) is 13.1 Å². The fourth-order valence-electron chi connectivity index (χ4n) is 1.01. The van der Waals surface area contributed by atoms with Crippen molar-refractivity contribution in [3.05, 3.63) is 0 Å². The molecule has 0 aromatic carbocycles. The summed E-state index contributed by atoms with van der Waals surface area (Å²) in [6, 6.07) is 0. The summed E-state index contributed by atoms with van der Waals surface area (Å²) >= 11 is 2.09. The van der Waals surface area contributed by atoms with Crippen molar-refractivity contribution >= 4 is 26.4 Å². The molecule has 0 spiro atoms. The van der Waals surface area contributed by atoms with E-state index in [-0.39, 0.29) is 0 Å². The summed E-state index contributed by atoms with van der Waals surface area (Å²) in [6.45, 7) is 6.49. The lowest BCUT2D eigenvalue weighted by Crippen LogP contribution is -2.28. The average Bonchev–Trinajstić information content (AvgIpc) is 2.04. The highest BCUT2D eigenvalue weighted by atomic mass is 127. The van der Waals surface area contributed by atoms with Gasteiger partial charge < -0.3 is 4.90 Å². The molecule has 72 valence electrons. The molecule has 12 heavy (non-hydrogen) atoms. The minimum atomic E-state index is 0.689. The first kappa shape index (κ1) is 12.2. The standard InChI is InChI=1S/C9H19IN2/c1-3-5-7-12(9(10)11)8-6-4-2/h11H,3-8H2,1-2H3. The summed E-state index contributed by atoms with van der Waals surface area (Å²) in [7, 11) is 0. The summed E-state index contributed by atoms with van der Waals surface area (Å²) in [5, 5.41) is 7.52. The van der Waals surface area contributed by atoms with Crippen molar-refractivity contribution in [1.29, 1.82) is 5.41 Å². The molecule has 0 atom stereocenters. The predicted molar refractivity (Wildman–Crippen MR) is 63.1 cm³/mol. The number of amidine groups is 1. The maximum absolute atomic E-state index is 7.52. The average molecular weight is 282 g/mol. The third-order valence-electron chi connectivity index (χ3n) is 1.84. The largest absolute Gasteiger partial charge is 0.352 e. The van der Waals surface area contributed by atoms with Crippen molar-refractivity contribution in [1.82, 2.24) is 4.90 Å². The van der Waals surface area contributed by atoms with Gasteiger partial charge in [0.05, 0.1) is 0 Å². The van der Waals surface area contributed by atoms with Crippen LogP contribution in [0.3, 0.4) is 0 Å². The van der Waals surface area contributed by atoms with E-state index in [1.54, 1.807) is 0 Å². The molecule has 0 bridgehead atoms. The van der Waals surface area contributed by atoms with Crippen molar-refractivity contribution in [2.75, 3.05) is 13.1 Å². The van der Waals surface area contributed by atoms with Gasteiger partial charge in [-0.2, -0.15) is 0 Å². The Kier molecular flexibility index (Phi) is 7.96. The van der Waals surface area contributed by atoms with Gasteiger partial charge in [0.25, 0.3) is 0 Å². The molecule has 0 unspecified atom stereocenters. The molecule has 0 fully saturated rings. The van der Waals surface area contributed by atoms with E-state index in [4.69, 9.17) is 5.41 Å². The zero-order chi connectivity index (χ0) is 9.40. The van der Waals surface area contributed by atoms with Crippen molar-refractivity contribution in [2.45, 2.75) is 39.5 Å². The van der Waals surface area contributed by atoms with Gasteiger partial charge in [-0.1, -0.05) is 26.7 Å². The molecule has 0 radical (unpaired) electrons. The zero-order valence-corrected chi connectivity index (χ0v) is 10.2. The molecule has 0 saturated carbocycles. The van der Waals surface area contributed by atoms with Crippen LogP contribution in [0.25, 0.3) is 0 Å². The minimum Gasteiger partial charge on any atom is -0.352 e. The van der Waals surface area contributed by atoms with E-state index in [1.165, 1.54) is 25.7 Å². The van der Waals surface area contributed by atoms with E-state index in [2.05, 4.69) is 41.3 Å². The molecule has 0 aliphatic rings. The van der Waals surface area contributed by atoms with Crippen LogP contribution in [0.5, 0.6) is 0 Å². The molecule has 0 aliphatic heterocycles. The molecule has 0 aromatic rings. The fraction of sp³-hybridized carbons (Fsp3) is 0.889. The van der Waals surface area contributed by atoms with Crippen LogP contribution in [-0.4, -0.2) is 21.8 Å². The van der Waals surface area contributed by atoms with Crippen LogP contribution < -0.4 is 0 Å². The van der Waals surface area contributed by atoms with Gasteiger partial charge in [-0.05, 0) is 35.4 Å². The summed E-state index contributed by atoms with van der Waals surface area (Å²) in [5.41, 5.74) is 0. The van der Waals surface area contributed by atoms with Gasteiger partial charge in [0.15, 0.2) is 3.84 Å². The maximum atomic E-state index is 7.52. The number of halogens is 1. The number of hydrogen-bond acceptors (Lipinski definition) is 1. The topological polar surface area (TPSA) is 27.1 Å². The lowest BCUT2D eigenvalue weighted by Gasteiger charge is -2.21. The first-order chi connectivity index (χ1) is 5.72. The monoisotopic (exact) mass is 282 g/mol. The molecule has 0 aliphatic carbocycles. The highest BCUT2D eigenvalue weighted by Gasteiger charge is 2.04. The lowest BCUT2D eigenvalue weighted by atomic mass is 10.3. The van der Waals surface area contributed by atoms with Crippen LogP contribution in [-0.2, 0) is 0 Å². The lowest BCUT2D eigenvalue weighted by molar-refractivity contribution is 0.405. The smallest absolute Gasteiger partial charge is 0.159 e. The summed E-state index contributed by atoms with van der Waals surface area (Å²) in [4.78, 5) is 2.16.